The van der Waals surface area contributed by atoms with Crippen LogP contribution in [0, 0.1) is 17.8 Å². The van der Waals surface area contributed by atoms with E-state index in [1.54, 1.807) is 0 Å². The Morgan fingerprint density at radius 1 is 1.09 bits per heavy atom. The number of hydrogen-bond acceptors (Lipinski definition) is 1. The molecule has 62 valence electrons. The van der Waals surface area contributed by atoms with Crippen LogP contribution in [0.1, 0.15) is 32.1 Å². The molecule has 0 spiro atoms. The fraction of sp³-hybridized carbons (Fsp3) is 0.889. The average molecular weight is 154 g/mol. The molecular weight excluding hydrogens is 140 g/mol. The monoisotopic (exact) mass is 154 g/mol. The summed E-state index contributed by atoms with van der Waals surface area (Å²) >= 11 is 0. The van der Waals surface area contributed by atoms with Crippen molar-refractivity contribution < 1.29 is 9.90 Å². The van der Waals surface area contributed by atoms with Crippen LogP contribution in [0.5, 0.6) is 0 Å². The van der Waals surface area contributed by atoms with Gasteiger partial charge < -0.3 is 5.11 Å². The van der Waals surface area contributed by atoms with Crippen LogP contribution in [-0.4, -0.2) is 11.1 Å². The van der Waals surface area contributed by atoms with Crippen LogP contribution in [0.4, 0.5) is 0 Å². The van der Waals surface area contributed by atoms with Gasteiger partial charge in [0.25, 0.3) is 0 Å². The number of hydrogen-bond donors (Lipinski definition) is 1. The Bertz CT molecular complexity index is 176. The maximum absolute atomic E-state index is 10.6. The van der Waals surface area contributed by atoms with Crippen molar-refractivity contribution in [1.82, 2.24) is 0 Å². The molecule has 2 saturated carbocycles. The van der Waals surface area contributed by atoms with Gasteiger partial charge in [0.1, 0.15) is 0 Å². The molecular formula is C9H14O2. The molecule has 0 aromatic carbocycles. The fourth-order valence-corrected chi connectivity index (χ4v) is 2.45. The molecule has 2 rings (SSSR count). The third kappa shape index (κ3) is 1.15. The molecule has 3 unspecified atom stereocenters. The smallest absolute Gasteiger partial charge is 0.306 e. The fourth-order valence-electron chi connectivity index (χ4n) is 2.45. The topological polar surface area (TPSA) is 37.3 Å². The van der Waals surface area contributed by atoms with Crippen LogP contribution < -0.4 is 0 Å². The van der Waals surface area contributed by atoms with E-state index in [-0.39, 0.29) is 5.92 Å². The lowest BCUT2D eigenvalue weighted by Gasteiger charge is -2.42. The zero-order chi connectivity index (χ0) is 7.84. The summed E-state index contributed by atoms with van der Waals surface area (Å²) in [6.07, 6.45) is 5.70. The van der Waals surface area contributed by atoms with E-state index >= 15 is 0 Å². The minimum atomic E-state index is -0.574. The van der Waals surface area contributed by atoms with Crippen LogP contribution >= 0.6 is 0 Å². The minimum Gasteiger partial charge on any atom is -0.481 e. The molecule has 2 aliphatic carbocycles. The molecule has 0 bridgehead atoms. The Morgan fingerprint density at radius 3 is 2.18 bits per heavy atom. The van der Waals surface area contributed by atoms with Gasteiger partial charge in [0.15, 0.2) is 0 Å². The van der Waals surface area contributed by atoms with E-state index < -0.39 is 5.97 Å². The van der Waals surface area contributed by atoms with Crippen molar-refractivity contribution in [1.29, 1.82) is 0 Å². The molecule has 0 saturated heterocycles. The normalized spacial score (nSPS) is 42.4. The van der Waals surface area contributed by atoms with Gasteiger partial charge in [-0.05, 0) is 43.9 Å². The van der Waals surface area contributed by atoms with Crippen LogP contribution in [0.15, 0.2) is 0 Å². The molecule has 0 radical (unpaired) electrons. The Kier molecular flexibility index (Phi) is 1.63. The molecule has 0 aromatic heterocycles. The van der Waals surface area contributed by atoms with Crippen molar-refractivity contribution in [3.63, 3.8) is 0 Å². The molecule has 11 heavy (non-hydrogen) atoms. The Hall–Kier alpha value is -0.530. The van der Waals surface area contributed by atoms with Crippen LogP contribution in [0.3, 0.4) is 0 Å². The summed E-state index contributed by atoms with van der Waals surface area (Å²) in [5.41, 5.74) is 0. The van der Waals surface area contributed by atoms with Crippen molar-refractivity contribution in [2.75, 3.05) is 0 Å². The van der Waals surface area contributed by atoms with E-state index in [1.807, 2.05) is 0 Å². The van der Waals surface area contributed by atoms with Gasteiger partial charge in [-0.3, -0.25) is 4.79 Å². The first kappa shape index (κ1) is 7.14. The summed E-state index contributed by atoms with van der Waals surface area (Å²) in [6.45, 7) is 0. The molecule has 1 N–H and O–H groups in total. The third-order valence-electron chi connectivity index (χ3n) is 3.40. The SMILES string of the molecule is O=C(O)C1CCC2CCC2C1. The summed E-state index contributed by atoms with van der Waals surface area (Å²) in [5, 5.41) is 8.77. The van der Waals surface area contributed by atoms with E-state index in [0.717, 1.165) is 24.7 Å². The predicted molar refractivity (Wildman–Crippen MR) is 41.2 cm³/mol. The summed E-state index contributed by atoms with van der Waals surface area (Å²) in [5.74, 6) is 1.07. The maximum atomic E-state index is 10.6. The van der Waals surface area contributed by atoms with Crippen molar-refractivity contribution in [2.24, 2.45) is 17.8 Å². The zero-order valence-electron chi connectivity index (χ0n) is 6.62. The lowest BCUT2D eigenvalue weighted by Crippen LogP contribution is -2.35. The second-order valence-electron chi connectivity index (χ2n) is 3.95. The molecule has 2 fully saturated rings. The lowest BCUT2D eigenvalue weighted by atomic mass is 9.63. The van der Waals surface area contributed by atoms with Crippen molar-refractivity contribution in [2.45, 2.75) is 32.1 Å². The average Bonchev–Trinajstić information content (AvgIpc) is 1.91. The molecule has 0 heterocycles. The minimum absolute atomic E-state index is 0.0171. The highest BCUT2D eigenvalue weighted by Crippen LogP contribution is 2.46. The first-order valence-corrected chi connectivity index (χ1v) is 4.50. The Balaban J connectivity index is 1.93. The Labute approximate surface area is 66.6 Å². The van der Waals surface area contributed by atoms with Crippen molar-refractivity contribution >= 4 is 5.97 Å². The highest BCUT2D eigenvalue weighted by Gasteiger charge is 2.38. The second kappa shape index (κ2) is 2.50. The first-order valence-electron chi connectivity index (χ1n) is 4.50. The van der Waals surface area contributed by atoms with Gasteiger partial charge in [0.05, 0.1) is 5.92 Å². The van der Waals surface area contributed by atoms with E-state index in [9.17, 15) is 4.79 Å². The van der Waals surface area contributed by atoms with Gasteiger partial charge >= 0.3 is 5.97 Å². The van der Waals surface area contributed by atoms with Crippen LogP contribution in [0.2, 0.25) is 0 Å². The van der Waals surface area contributed by atoms with Crippen molar-refractivity contribution in [3.05, 3.63) is 0 Å². The van der Waals surface area contributed by atoms with Gasteiger partial charge in [-0.1, -0.05) is 0 Å². The molecule has 0 amide bonds. The van der Waals surface area contributed by atoms with E-state index in [0.29, 0.717) is 0 Å². The summed E-state index contributed by atoms with van der Waals surface area (Å²) in [7, 11) is 0. The number of carbonyl (C=O) groups is 1. The maximum Gasteiger partial charge on any atom is 0.306 e. The van der Waals surface area contributed by atoms with Gasteiger partial charge in [-0.25, -0.2) is 0 Å². The molecule has 2 heteroatoms. The standard InChI is InChI=1S/C9H14O2/c10-9(11)8-4-2-6-1-3-7(6)5-8/h6-8H,1-5H2,(H,10,11). The van der Waals surface area contributed by atoms with Crippen molar-refractivity contribution in [3.8, 4) is 0 Å². The summed E-state index contributed by atoms with van der Waals surface area (Å²) in [4.78, 5) is 10.6. The first-order chi connectivity index (χ1) is 5.27. The highest BCUT2D eigenvalue weighted by atomic mass is 16.4. The third-order valence-corrected chi connectivity index (χ3v) is 3.40. The molecule has 2 nitrogen and oxygen atoms in total. The summed E-state index contributed by atoms with van der Waals surface area (Å²) in [6, 6.07) is 0. The van der Waals surface area contributed by atoms with E-state index in [2.05, 4.69) is 0 Å². The number of aliphatic carboxylic acids is 1. The molecule has 0 aromatic rings. The van der Waals surface area contributed by atoms with Gasteiger partial charge in [-0.2, -0.15) is 0 Å². The van der Waals surface area contributed by atoms with Gasteiger partial charge in [-0.15, -0.1) is 0 Å². The predicted octanol–water partition coefficient (Wildman–Crippen LogP) is 1.90. The van der Waals surface area contributed by atoms with Crippen LogP contribution in [-0.2, 0) is 4.79 Å². The lowest BCUT2D eigenvalue weighted by molar-refractivity contribution is -0.144. The number of carboxylic acid groups (broad SMARTS) is 1. The Morgan fingerprint density at radius 2 is 1.73 bits per heavy atom. The highest BCUT2D eigenvalue weighted by molar-refractivity contribution is 5.70. The molecule has 2 aliphatic rings. The van der Waals surface area contributed by atoms with Gasteiger partial charge in [0.2, 0.25) is 0 Å². The number of rotatable bonds is 1. The second-order valence-corrected chi connectivity index (χ2v) is 3.95. The number of fused-ring (bicyclic) bond motifs is 1. The largest absolute Gasteiger partial charge is 0.481 e. The molecule has 3 atom stereocenters. The van der Waals surface area contributed by atoms with Gasteiger partial charge in [0, 0.05) is 0 Å². The van der Waals surface area contributed by atoms with E-state index in [4.69, 9.17) is 5.11 Å². The molecule has 0 aliphatic heterocycles. The van der Waals surface area contributed by atoms with E-state index in [1.165, 1.54) is 19.3 Å². The zero-order valence-corrected chi connectivity index (χ0v) is 6.62. The summed E-state index contributed by atoms with van der Waals surface area (Å²) < 4.78 is 0. The quantitative estimate of drug-likeness (QED) is 0.626. The number of carboxylic acids is 1. The van der Waals surface area contributed by atoms with Crippen LogP contribution in [0.25, 0.3) is 0 Å².